The van der Waals surface area contributed by atoms with E-state index in [1.54, 1.807) is 0 Å². The molecule has 0 aliphatic carbocycles. The summed E-state index contributed by atoms with van der Waals surface area (Å²) in [6.45, 7) is 27.3. The van der Waals surface area contributed by atoms with Crippen molar-refractivity contribution in [3.05, 3.63) is 38.0 Å². The minimum absolute atomic E-state index is 0.216. The minimum atomic E-state index is -0.981. The fourth-order valence-corrected chi connectivity index (χ4v) is 4.79. The molecule has 0 saturated carbocycles. The number of rotatable bonds is 23. The van der Waals surface area contributed by atoms with Gasteiger partial charge in [0.15, 0.2) is 0 Å². The van der Waals surface area contributed by atoms with Crippen LogP contribution in [0, 0.1) is 5.41 Å². The van der Waals surface area contributed by atoms with Gasteiger partial charge in [0, 0.05) is 69.3 Å². The molecule has 0 amide bonds. The SMILES string of the molecule is C=CC(=O)O.C=CC(=O)O.C=CC(=O)O.CCCN(CCC)C(CC(CO)(CO)CO)(N(CCC)CCC)N(CCC)CCC. The number of carboxylic acid groups (broad SMARTS) is 3. The van der Waals surface area contributed by atoms with Crippen LogP contribution in [0.1, 0.15) is 86.5 Å². The Balaban J connectivity index is -0.000000458. The van der Waals surface area contributed by atoms with E-state index in [4.69, 9.17) is 15.3 Å². The number of carbonyl (C=O) groups is 3. The number of aliphatic hydroxyl groups is 3. The molecule has 0 aliphatic heterocycles. The van der Waals surface area contributed by atoms with Crippen LogP contribution >= 0.6 is 0 Å². The summed E-state index contributed by atoms with van der Waals surface area (Å²) in [5, 5.41) is 53.7. The summed E-state index contributed by atoms with van der Waals surface area (Å²) in [6, 6.07) is 0. The Morgan fingerprint density at radius 1 is 0.511 bits per heavy atom. The van der Waals surface area contributed by atoms with Crippen LogP contribution in [0.2, 0.25) is 0 Å². The minimum Gasteiger partial charge on any atom is -0.478 e. The molecule has 0 aliphatic rings. The average molecular weight is 648 g/mol. The maximum atomic E-state index is 10.3. The van der Waals surface area contributed by atoms with Crippen LogP contribution in [0.25, 0.3) is 0 Å². The van der Waals surface area contributed by atoms with Crippen LogP contribution in [-0.4, -0.2) is 128 Å². The van der Waals surface area contributed by atoms with Crippen LogP contribution in [0.3, 0.4) is 0 Å². The highest BCUT2D eigenvalue weighted by molar-refractivity contribution is 5.79. The van der Waals surface area contributed by atoms with E-state index in [1.807, 2.05) is 0 Å². The molecule has 0 rings (SSSR count). The fraction of sp³-hybridized carbons (Fsp3) is 0.727. The highest BCUT2D eigenvalue weighted by Crippen LogP contribution is 2.39. The van der Waals surface area contributed by atoms with E-state index in [-0.39, 0.29) is 19.8 Å². The lowest BCUT2D eigenvalue weighted by atomic mass is 9.81. The monoisotopic (exact) mass is 647 g/mol. The van der Waals surface area contributed by atoms with Gasteiger partial charge in [-0.2, -0.15) is 0 Å². The molecule has 0 heterocycles. The first-order valence-corrected chi connectivity index (χ1v) is 15.9. The zero-order valence-corrected chi connectivity index (χ0v) is 28.9. The Morgan fingerprint density at radius 3 is 0.800 bits per heavy atom. The second kappa shape index (κ2) is 31.4. The van der Waals surface area contributed by atoms with E-state index in [0.717, 1.165) is 96.0 Å². The predicted octanol–water partition coefficient (Wildman–Crippen LogP) is 4.13. The quantitative estimate of drug-likeness (QED) is 0.0690. The van der Waals surface area contributed by atoms with Crippen LogP contribution < -0.4 is 0 Å². The van der Waals surface area contributed by atoms with Gasteiger partial charge in [0.1, 0.15) is 5.79 Å². The zero-order valence-electron chi connectivity index (χ0n) is 28.9. The van der Waals surface area contributed by atoms with Gasteiger partial charge in [-0.05, 0) is 38.5 Å². The first kappa shape index (κ1) is 49.3. The van der Waals surface area contributed by atoms with Crippen molar-refractivity contribution in [2.24, 2.45) is 5.41 Å². The lowest BCUT2D eigenvalue weighted by molar-refractivity contribution is -0.205. The molecule has 266 valence electrons. The summed E-state index contributed by atoms with van der Waals surface area (Å²) < 4.78 is 0. The van der Waals surface area contributed by atoms with Gasteiger partial charge in [0.25, 0.3) is 0 Å². The molecule has 0 radical (unpaired) electrons. The van der Waals surface area contributed by atoms with Crippen LogP contribution in [0.15, 0.2) is 38.0 Å². The van der Waals surface area contributed by atoms with Crippen molar-refractivity contribution in [1.29, 1.82) is 0 Å². The Morgan fingerprint density at radius 2 is 0.689 bits per heavy atom. The van der Waals surface area contributed by atoms with Crippen molar-refractivity contribution < 1.29 is 45.0 Å². The molecule has 0 aromatic rings. The van der Waals surface area contributed by atoms with E-state index in [1.165, 1.54) is 0 Å². The standard InChI is InChI=1S/C24H53N3O3.3C3H4O2/c1-7-13-25(14-8-2)24(26(15-9-3)16-10-4,27(17-11-5)18-12-6)19-23(20-28,21-29)22-30;3*1-2-3(4)5/h28-30H,7-22H2,1-6H3;3*2H,1H2,(H,4,5). The summed E-state index contributed by atoms with van der Waals surface area (Å²) in [4.78, 5) is 35.5. The van der Waals surface area contributed by atoms with Crippen LogP contribution in [0.4, 0.5) is 0 Å². The zero-order chi connectivity index (χ0) is 35.9. The first-order valence-electron chi connectivity index (χ1n) is 15.9. The Labute approximate surface area is 272 Å². The molecule has 0 spiro atoms. The van der Waals surface area contributed by atoms with Gasteiger partial charge in [0.2, 0.25) is 0 Å². The summed E-state index contributed by atoms with van der Waals surface area (Å²) >= 11 is 0. The number of carboxylic acids is 3. The number of aliphatic carboxylic acids is 3. The summed E-state index contributed by atoms with van der Waals surface area (Å²) in [7, 11) is 0. The Bertz CT molecular complexity index is 680. The van der Waals surface area contributed by atoms with Crippen molar-refractivity contribution in [3.8, 4) is 0 Å². The van der Waals surface area contributed by atoms with Crippen LogP contribution in [-0.2, 0) is 14.4 Å². The van der Waals surface area contributed by atoms with E-state index in [0.29, 0.717) is 6.42 Å². The molecule has 12 nitrogen and oxygen atoms in total. The summed E-state index contributed by atoms with van der Waals surface area (Å²) in [5.74, 6) is -3.38. The third-order valence-electron chi connectivity index (χ3n) is 6.62. The van der Waals surface area contributed by atoms with Crippen molar-refractivity contribution >= 4 is 17.9 Å². The highest BCUT2D eigenvalue weighted by atomic mass is 16.4. The van der Waals surface area contributed by atoms with Gasteiger partial charge >= 0.3 is 17.9 Å². The maximum absolute atomic E-state index is 10.3. The second-order valence-corrected chi connectivity index (χ2v) is 10.5. The normalized spacial score (nSPS) is 10.9. The predicted molar refractivity (Wildman–Crippen MR) is 181 cm³/mol. The van der Waals surface area contributed by atoms with E-state index in [9.17, 15) is 29.7 Å². The van der Waals surface area contributed by atoms with Crippen LogP contribution in [0.5, 0.6) is 0 Å². The smallest absolute Gasteiger partial charge is 0.327 e. The fourth-order valence-electron chi connectivity index (χ4n) is 4.79. The van der Waals surface area contributed by atoms with Crippen molar-refractivity contribution in [2.75, 3.05) is 59.1 Å². The molecule has 0 saturated heterocycles. The molecule has 0 fully saturated rings. The average Bonchev–Trinajstić information content (AvgIpc) is 3.03. The molecule has 45 heavy (non-hydrogen) atoms. The number of aliphatic hydroxyl groups excluding tert-OH is 3. The first-order chi connectivity index (χ1) is 21.3. The van der Waals surface area contributed by atoms with Gasteiger partial charge < -0.3 is 30.6 Å². The molecular weight excluding hydrogens is 582 g/mol. The molecule has 6 N–H and O–H groups in total. The maximum Gasteiger partial charge on any atom is 0.327 e. The second-order valence-electron chi connectivity index (χ2n) is 10.5. The number of nitrogens with zero attached hydrogens (tertiary/aromatic N) is 3. The summed E-state index contributed by atoms with van der Waals surface area (Å²) in [6.07, 6.45) is 9.31. The Hall–Kier alpha value is -2.61. The topological polar surface area (TPSA) is 182 Å². The highest BCUT2D eigenvalue weighted by Gasteiger charge is 2.50. The molecule has 0 aromatic heterocycles. The van der Waals surface area contributed by atoms with Crippen molar-refractivity contribution in [2.45, 2.75) is 92.3 Å². The number of hydrogen-bond donors (Lipinski definition) is 6. The molecule has 12 heteroatoms. The van der Waals surface area contributed by atoms with Crippen molar-refractivity contribution in [1.82, 2.24) is 14.7 Å². The molecular formula is C33H65N3O9. The van der Waals surface area contributed by atoms with E-state index < -0.39 is 29.1 Å². The van der Waals surface area contributed by atoms with Gasteiger partial charge in [-0.15, -0.1) is 0 Å². The van der Waals surface area contributed by atoms with Gasteiger partial charge in [0.05, 0.1) is 19.8 Å². The van der Waals surface area contributed by atoms with Gasteiger partial charge in [-0.25, -0.2) is 14.4 Å². The van der Waals surface area contributed by atoms with Gasteiger partial charge in [-0.1, -0.05) is 61.3 Å². The molecule has 0 aromatic carbocycles. The van der Waals surface area contributed by atoms with Gasteiger partial charge in [-0.3, -0.25) is 14.7 Å². The largest absolute Gasteiger partial charge is 0.478 e. The lowest BCUT2D eigenvalue weighted by Crippen LogP contribution is -2.72. The molecule has 0 atom stereocenters. The van der Waals surface area contributed by atoms with E-state index >= 15 is 0 Å². The lowest BCUT2D eigenvalue weighted by Gasteiger charge is -2.59. The summed E-state index contributed by atoms with van der Waals surface area (Å²) in [5.41, 5.74) is -0.917. The number of hydrogen-bond acceptors (Lipinski definition) is 9. The van der Waals surface area contributed by atoms with Crippen molar-refractivity contribution in [3.63, 3.8) is 0 Å². The third-order valence-corrected chi connectivity index (χ3v) is 6.62. The Kier molecular flexibility index (Phi) is 34.4. The third kappa shape index (κ3) is 21.7. The molecule has 0 bridgehead atoms. The molecule has 0 unspecified atom stereocenters. The van der Waals surface area contributed by atoms with E-state index in [2.05, 4.69) is 76.0 Å².